The van der Waals surface area contributed by atoms with E-state index in [0.29, 0.717) is 6.04 Å². The van der Waals surface area contributed by atoms with Crippen molar-refractivity contribution >= 4 is 0 Å². The Labute approximate surface area is 96.3 Å². The van der Waals surface area contributed by atoms with Crippen LogP contribution in [-0.4, -0.2) is 13.1 Å². The van der Waals surface area contributed by atoms with E-state index in [1.54, 1.807) is 0 Å². The van der Waals surface area contributed by atoms with Crippen molar-refractivity contribution in [2.75, 3.05) is 7.05 Å². The summed E-state index contributed by atoms with van der Waals surface area (Å²) >= 11 is 0. The summed E-state index contributed by atoms with van der Waals surface area (Å²) in [6, 6.07) is 0.675. The molecule has 0 aromatic carbocycles. The van der Waals surface area contributed by atoms with Crippen molar-refractivity contribution in [1.29, 1.82) is 0 Å². The highest BCUT2D eigenvalue weighted by Gasteiger charge is 1.96. The second kappa shape index (κ2) is 10.2. The molecule has 1 nitrogen and oxygen atoms in total. The average Bonchev–Trinajstić information content (AvgIpc) is 2.26. The molecule has 90 valence electrons. The Kier molecular flexibility index (Phi) is 10.0. The van der Waals surface area contributed by atoms with Gasteiger partial charge < -0.3 is 5.32 Å². The molecular formula is C14H29N. The Morgan fingerprint density at radius 1 is 1.13 bits per heavy atom. The van der Waals surface area contributed by atoms with E-state index in [0.717, 1.165) is 5.92 Å². The molecule has 0 aliphatic heterocycles. The van der Waals surface area contributed by atoms with Crippen molar-refractivity contribution in [1.82, 2.24) is 5.32 Å². The van der Waals surface area contributed by atoms with E-state index in [-0.39, 0.29) is 0 Å². The molecule has 0 aliphatic carbocycles. The van der Waals surface area contributed by atoms with Gasteiger partial charge in [0.2, 0.25) is 0 Å². The summed E-state index contributed by atoms with van der Waals surface area (Å²) in [4.78, 5) is 0. The largest absolute Gasteiger partial charge is 0.317 e. The van der Waals surface area contributed by atoms with Crippen LogP contribution in [0.4, 0.5) is 0 Å². The predicted octanol–water partition coefficient (Wildman–Crippen LogP) is 4.15. The smallest absolute Gasteiger partial charge is 0.00357 e. The van der Waals surface area contributed by atoms with E-state index in [4.69, 9.17) is 0 Å². The van der Waals surface area contributed by atoms with Gasteiger partial charge in [-0.2, -0.15) is 0 Å². The number of rotatable bonds is 9. The highest BCUT2D eigenvalue weighted by atomic mass is 14.8. The average molecular weight is 211 g/mol. The minimum Gasteiger partial charge on any atom is -0.317 e. The van der Waals surface area contributed by atoms with Crippen molar-refractivity contribution < 1.29 is 0 Å². The molecule has 0 saturated carbocycles. The van der Waals surface area contributed by atoms with Gasteiger partial charge in [0.05, 0.1) is 0 Å². The molecule has 0 spiro atoms. The first kappa shape index (κ1) is 14.7. The molecule has 0 aliphatic rings. The second-order valence-corrected chi connectivity index (χ2v) is 4.69. The van der Waals surface area contributed by atoms with Crippen LogP contribution in [0.15, 0.2) is 12.2 Å². The third kappa shape index (κ3) is 9.99. The highest BCUT2D eigenvalue weighted by molar-refractivity contribution is 4.82. The first-order valence-corrected chi connectivity index (χ1v) is 6.53. The van der Waals surface area contributed by atoms with Gasteiger partial charge in [-0.3, -0.25) is 0 Å². The lowest BCUT2D eigenvalue weighted by Crippen LogP contribution is -2.20. The zero-order valence-electron chi connectivity index (χ0n) is 11.1. The van der Waals surface area contributed by atoms with E-state index >= 15 is 0 Å². The molecule has 0 saturated heterocycles. The third-order valence-electron chi connectivity index (χ3n) is 3.15. The van der Waals surface area contributed by atoms with Gasteiger partial charge in [-0.05, 0) is 45.6 Å². The van der Waals surface area contributed by atoms with Crippen LogP contribution < -0.4 is 5.32 Å². The van der Waals surface area contributed by atoms with Crippen LogP contribution in [-0.2, 0) is 0 Å². The Balaban J connectivity index is 3.23. The van der Waals surface area contributed by atoms with Gasteiger partial charge in [-0.15, -0.1) is 0 Å². The number of unbranched alkanes of at least 4 members (excludes halogenated alkanes) is 2. The zero-order valence-corrected chi connectivity index (χ0v) is 11.1. The number of nitrogens with one attached hydrogen (secondary N) is 1. The standard InChI is InChI=1S/C14H29N/c1-5-13(2)11-9-7-6-8-10-12-14(3)15-4/h7,9,13-15H,5-6,8,10-12H2,1-4H3/b9-7-/t13-,14-/m1/s1. The van der Waals surface area contributed by atoms with Crippen molar-refractivity contribution in [3.8, 4) is 0 Å². The maximum atomic E-state index is 3.27. The van der Waals surface area contributed by atoms with E-state index in [9.17, 15) is 0 Å². The SMILES string of the molecule is CC[C@@H](C)C/C=C\CCCC[C@@H](C)NC. The summed E-state index contributed by atoms with van der Waals surface area (Å²) < 4.78 is 0. The van der Waals surface area contributed by atoms with Crippen LogP contribution in [0.2, 0.25) is 0 Å². The van der Waals surface area contributed by atoms with E-state index in [1.807, 2.05) is 7.05 Å². The summed E-state index contributed by atoms with van der Waals surface area (Å²) in [6.45, 7) is 6.83. The van der Waals surface area contributed by atoms with Crippen molar-refractivity contribution in [2.45, 2.75) is 65.3 Å². The van der Waals surface area contributed by atoms with Crippen LogP contribution in [0.3, 0.4) is 0 Å². The number of hydrogen-bond donors (Lipinski definition) is 1. The van der Waals surface area contributed by atoms with Crippen LogP contribution in [0.5, 0.6) is 0 Å². The maximum absolute atomic E-state index is 3.27. The molecule has 0 amide bonds. The van der Waals surface area contributed by atoms with Gasteiger partial charge in [-0.1, -0.05) is 38.8 Å². The molecule has 15 heavy (non-hydrogen) atoms. The van der Waals surface area contributed by atoms with Crippen LogP contribution >= 0.6 is 0 Å². The monoisotopic (exact) mass is 211 g/mol. The molecule has 1 heteroatoms. The summed E-state index contributed by atoms with van der Waals surface area (Å²) in [7, 11) is 2.04. The summed E-state index contributed by atoms with van der Waals surface area (Å²) in [6.07, 6.45) is 12.5. The fraction of sp³-hybridized carbons (Fsp3) is 0.857. The molecular weight excluding hydrogens is 182 g/mol. The lowest BCUT2D eigenvalue weighted by molar-refractivity contribution is 0.529. The van der Waals surface area contributed by atoms with Crippen molar-refractivity contribution in [3.05, 3.63) is 12.2 Å². The minimum absolute atomic E-state index is 0.675. The van der Waals surface area contributed by atoms with E-state index < -0.39 is 0 Å². The van der Waals surface area contributed by atoms with Crippen molar-refractivity contribution in [2.24, 2.45) is 5.92 Å². The fourth-order valence-electron chi connectivity index (χ4n) is 1.47. The topological polar surface area (TPSA) is 12.0 Å². The first-order chi connectivity index (χ1) is 7.20. The number of hydrogen-bond acceptors (Lipinski definition) is 1. The lowest BCUT2D eigenvalue weighted by atomic mass is 10.0. The normalized spacial score (nSPS) is 15.7. The van der Waals surface area contributed by atoms with Gasteiger partial charge in [0, 0.05) is 6.04 Å². The lowest BCUT2D eigenvalue weighted by Gasteiger charge is -2.08. The third-order valence-corrected chi connectivity index (χ3v) is 3.15. The minimum atomic E-state index is 0.675. The quantitative estimate of drug-likeness (QED) is 0.446. The molecule has 0 rings (SSSR count). The Bertz CT molecular complexity index is 151. The molecule has 0 radical (unpaired) electrons. The highest BCUT2D eigenvalue weighted by Crippen LogP contribution is 2.08. The van der Waals surface area contributed by atoms with Gasteiger partial charge in [0.25, 0.3) is 0 Å². The molecule has 0 bridgehead atoms. The predicted molar refractivity (Wildman–Crippen MR) is 70.2 cm³/mol. The van der Waals surface area contributed by atoms with Crippen molar-refractivity contribution in [3.63, 3.8) is 0 Å². The molecule has 0 aromatic heterocycles. The summed E-state index contributed by atoms with van der Waals surface area (Å²) in [5, 5.41) is 3.27. The van der Waals surface area contributed by atoms with Gasteiger partial charge in [0.1, 0.15) is 0 Å². The molecule has 0 aromatic rings. The maximum Gasteiger partial charge on any atom is 0.00357 e. The summed E-state index contributed by atoms with van der Waals surface area (Å²) in [5.41, 5.74) is 0. The molecule has 2 atom stereocenters. The Morgan fingerprint density at radius 3 is 2.47 bits per heavy atom. The van der Waals surface area contributed by atoms with Crippen LogP contribution in [0.25, 0.3) is 0 Å². The van der Waals surface area contributed by atoms with E-state index in [1.165, 1.54) is 38.5 Å². The molecule has 0 heterocycles. The Morgan fingerprint density at radius 2 is 1.87 bits per heavy atom. The molecule has 1 N–H and O–H groups in total. The molecule has 0 fully saturated rings. The fourth-order valence-corrected chi connectivity index (χ4v) is 1.47. The van der Waals surface area contributed by atoms with Crippen LogP contribution in [0.1, 0.15) is 59.3 Å². The second-order valence-electron chi connectivity index (χ2n) is 4.69. The van der Waals surface area contributed by atoms with Gasteiger partial charge in [0.15, 0.2) is 0 Å². The molecule has 0 unspecified atom stereocenters. The number of allylic oxidation sites excluding steroid dienone is 2. The first-order valence-electron chi connectivity index (χ1n) is 6.53. The summed E-state index contributed by atoms with van der Waals surface area (Å²) in [5.74, 6) is 0.852. The van der Waals surface area contributed by atoms with Crippen LogP contribution in [0, 0.1) is 5.92 Å². The van der Waals surface area contributed by atoms with Gasteiger partial charge in [-0.25, -0.2) is 0 Å². The van der Waals surface area contributed by atoms with E-state index in [2.05, 4.69) is 38.2 Å². The zero-order chi connectivity index (χ0) is 11.5. The Hall–Kier alpha value is -0.300. The van der Waals surface area contributed by atoms with Gasteiger partial charge >= 0.3 is 0 Å².